The van der Waals surface area contributed by atoms with E-state index < -0.39 is 34.9 Å². The number of aryl methyl sites for hydroxylation is 1. The first kappa shape index (κ1) is 24.0. The van der Waals surface area contributed by atoms with Gasteiger partial charge in [0, 0.05) is 18.2 Å². The molecule has 0 saturated carbocycles. The highest BCUT2D eigenvalue weighted by Gasteiger charge is 2.49. The first-order valence-electron chi connectivity index (χ1n) is 11.7. The number of benzene rings is 3. The van der Waals surface area contributed by atoms with Crippen LogP contribution in [-0.2, 0) is 16.6 Å². The van der Waals surface area contributed by atoms with Gasteiger partial charge >= 0.3 is 0 Å². The molecule has 1 saturated heterocycles. The maximum atomic E-state index is 15.2. The van der Waals surface area contributed by atoms with Crippen molar-refractivity contribution in [1.29, 1.82) is 0 Å². The lowest BCUT2D eigenvalue weighted by Gasteiger charge is -2.24. The van der Waals surface area contributed by atoms with Crippen LogP contribution in [0.2, 0.25) is 0 Å². The quantitative estimate of drug-likeness (QED) is 0.255. The van der Waals surface area contributed by atoms with Crippen LogP contribution < -0.4 is 10.5 Å². The number of Topliss-reactive ketones (excluding diaryl/α,β-unsaturated/α-hetero) is 1. The molecule has 0 bridgehead atoms. The number of aliphatic hydroxyl groups is 1. The molecule has 7 nitrogen and oxygen atoms in total. The Kier molecular flexibility index (Phi) is 5.87. The van der Waals surface area contributed by atoms with E-state index in [4.69, 9.17) is 0 Å². The summed E-state index contributed by atoms with van der Waals surface area (Å²) >= 11 is 0. The zero-order chi connectivity index (χ0) is 26.4. The summed E-state index contributed by atoms with van der Waals surface area (Å²) in [6.07, 6.45) is 0. The lowest BCUT2D eigenvalue weighted by atomic mass is 9.94. The number of hydrogen-bond donors (Lipinski definition) is 1. The Labute approximate surface area is 212 Å². The van der Waals surface area contributed by atoms with Crippen LogP contribution >= 0.6 is 0 Å². The molecule has 1 aliphatic rings. The predicted molar refractivity (Wildman–Crippen MR) is 138 cm³/mol. The first-order chi connectivity index (χ1) is 17.7. The van der Waals surface area contributed by atoms with E-state index in [2.05, 4.69) is 0 Å². The predicted octanol–water partition coefficient (Wildman–Crippen LogP) is 4.56. The largest absolute Gasteiger partial charge is 0.507 e. The lowest BCUT2D eigenvalue weighted by Crippen LogP contribution is -2.34. The second kappa shape index (κ2) is 9.05. The van der Waals surface area contributed by atoms with Crippen LogP contribution in [0.1, 0.15) is 28.4 Å². The van der Waals surface area contributed by atoms with Crippen LogP contribution in [0.5, 0.6) is 0 Å². The average molecular weight is 498 g/mol. The van der Waals surface area contributed by atoms with Crippen LogP contribution in [0.3, 0.4) is 0 Å². The summed E-state index contributed by atoms with van der Waals surface area (Å²) in [5.41, 5.74) is 1.28. The van der Waals surface area contributed by atoms with E-state index in [1.165, 1.54) is 22.9 Å². The molecular weight excluding hydrogens is 473 g/mol. The molecule has 2 heterocycles. The number of ketones is 1. The van der Waals surface area contributed by atoms with E-state index in [0.717, 1.165) is 10.5 Å². The molecule has 1 fully saturated rings. The van der Waals surface area contributed by atoms with Crippen LogP contribution in [-0.4, -0.2) is 26.2 Å². The Morgan fingerprint density at radius 1 is 0.865 bits per heavy atom. The van der Waals surface area contributed by atoms with Gasteiger partial charge in [-0.25, -0.2) is 9.07 Å². The number of para-hydroxylation sites is 1. The van der Waals surface area contributed by atoms with E-state index in [-0.39, 0.29) is 16.8 Å². The maximum absolute atomic E-state index is 15.2. The third kappa shape index (κ3) is 3.78. The molecule has 4 aromatic rings. The summed E-state index contributed by atoms with van der Waals surface area (Å²) in [5.74, 6) is -3.13. The van der Waals surface area contributed by atoms with Crippen molar-refractivity contribution in [2.24, 2.45) is 7.05 Å². The molecule has 0 radical (unpaired) electrons. The molecule has 0 spiro atoms. The molecule has 3 aromatic carbocycles. The Hall–Kier alpha value is -4.72. The van der Waals surface area contributed by atoms with Crippen LogP contribution in [0, 0.1) is 19.7 Å². The summed E-state index contributed by atoms with van der Waals surface area (Å²) in [6.45, 7) is 3.52. The van der Waals surface area contributed by atoms with Crippen molar-refractivity contribution >= 4 is 23.1 Å². The first-order valence-corrected chi connectivity index (χ1v) is 11.7. The van der Waals surface area contributed by atoms with E-state index in [0.29, 0.717) is 16.9 Å². The van der Waals surface area contributed by atoms with Crippen molar-refractivity contribution in [1.82, 2.24) is 9.36 Å². The minimum absolute atomic E-state index is 0.00993. The fourth-order valence-electron chi connectivity index (χ4n) is 4.75. The van der Waals surface area contributed by atoms with Gasteiger partial charge in [0.15, 0.2) is 0 Å². The monoisotopic (exact) mass is 497 g/mol. The number of amides is 1. The van der Waals surface area contributed by atoms with Crippen LogP contribution in [0.15, 0.2) is 89.2 Å². The Morgan fingerprint density at radius 2 is 1.49 bits per heavy atom. The molecule has 1 aliphatic heterocycles. The van der Waals surface area contributed by atoms with Gasteiger partial charge < -0.3 is 5.11 Å². The van der Waals surface area contributed by atoms with Crippen molar-refractivity contribution in [3.05, 3.63) is 123 Å². The average Bonchev–Trinajstić information content (AvgIpc) is 3.27. The lowest BCUT2D eigenvalue weighted by molar-refractivity contribution is -0.132. The molecule has 1 atom stereocenters. The van der Waals surface area contributed by atoms with Crippen LogP contribution in [0.25, 0.3) is 11.4 Å². The fourth-order valence-corrected chi connectivity index (χ4v) is 4.75. The minimum Gasteiger partial charge on any atom is -0.507 e. The minimum atomic E-state index is -1.35. The maximum Gasteiger partial charge on any atom is 0.300 e. The van der Waals surface area contributed by atoms with Crippen molar-refractivity contribution in [2.45, 2.75) is 19.9 Å². The van der Waals surface area contributed by atoms with E-state index in [1.54, 1.807) is 73.3 Å². The molecule has 8 heteroatoms. The van der Waals surface area contributed by atoms with Gasteiger partial charge in [0.05, 0.1) is 23.0 Å². The van der Waals surface area contributed by atoms with Crippen molar-refractivity contribution in [2.75, 3.05) is 4.90 Å². The van der Waals surface area contributed by atoms with E-state index in [9.17, 15) is 19.5 Å². The van der Waals surface area contributed by atoms with Gasteiger partial charge in [-0.05, 0) is 32.0 Å². The summed E-state index contributed by atoms with van der Waals surface area (Å²) < 4.78 is 18.1. The van der Waals surface area contributed by atoms with Crippen molar-refractivity contribution in [3.8, 4) is 5.69 Å². The van der Waals surface area contributed by atoms with Gasteiger partial charge in [-0.1, -0.05) is 66.2 Å². The van der Waals surface area contributed by atoms with Gasteiger partial charge in [-0.15, -0.1) is 0 Å². The molecule has 1 aromatic heterocycles. The summed E-state index contributed by atoms with van der Waals surface area (Å²) in [5, 5.41) is 11.2. The second-order valence-electron chi connectivity index (χ2n) is 8.97. The summed E-state index contributed by atoms with van der Waals surface area (Å²) in [4.78, 5) is 41.7. The highest BCUT2D eigenvalue weighted by molar-refractivity contribution is 6.51. The molecule has 1 amide bonds. The Morgan fingerprint density at radius 3 is 2.14 bits per heavy atom. The topological polar surface area (TPSA) is 84.5 Å². The second-order valence-corrected chi connectivity index (χ2v) is 8.97. The number of hydrogen-bond acceptors (Lipinski definition) is 4. The van der Waals surface area contributed by atoms with Crippen molar-refractivity contribution in [3.63, 3.8) is 0 Å². The van der Waals surface area contributed by atoms with Gasteiger partial charge in [0.25, 0.3) is 17.2 Å². The molecule has 5 rings (SSSR count). The van der Waals surface area contributed by atoms with Crippen LogP contribution in [0.4, 0.5) is 10.1 Å². The number of nitrogens with zero attached hydrogens (tertiary/aromatic N) is 3. The zero-order valence-corrected chi connectivity index (χ0v) is 20.5. The molecule has 0 aliphatic carbocycles. The third-order valence-electron chi connectivity index (χ3n) is 6.73. The number of carbonyl (C=O) groups is 2. The van der Waals surface area contributed by atoms with Crippen molar-refractivity contribution < 1.29 is 19.1 Å². The van der Waals surface area contributed by atoms with Gasteiger partial charge in [-0.2, -0.15) is 0 Å². The normalized spacial score (nSPS) is 17.0. The number of aromatic nitrogens is 2. The smallest absolute Gasteiger partial charge is 0.300 e. The zero-order valence-electron chi connectivity index (χ0n) is 20.5. The standard InChI is InChI=1S/C29H24FN3O4/c1-17-13-15-19(16-14-17)26(34)23-25(21-11-7-8-12-22(21)30)32(29(37)27(23)35)24-18(2)31(3)33(28(24)36)20-9-5-4-6-10-20/h4-16,25,34H,1-3H3. The van der Waals surface area contributed by atoms with Gasteiger partial charge in [0.1, 0.15) is 17.3 Å². The third-order valence-corrected chi connectivity index (χ3v) is 6.73. The van der Waals surface area contributed by atoms with E-state index >= 15 is 4.39 Å². The fraction of sp³-hybridized carbons (Fsp3) is 0.138. The SMILES string of the molecule is Cc1ccc(C(O)=C2C(=O)C(=O)N(c3c(C)n(C)n(-c4ccccc4)c3=O)C2c2ccccc2F)cc1. The summed E-state index contributed by atoms with van der Waals surface area (Å²) in [7, 11) is 1.66. The molecular formula is C29H24FN3O4. The van der Waals surface area contributed by atoms with Gasteiger partial charge in [0.2, 0.25) is 0 Å². The summed E-state index contributed by atoms with van der Waals surface area (Å²) in [6, 6.07) is 19.9. The highest BCUT2D eigenvalue weighted by atomic mass is 19.1. The number of aliphatic hydroxyl groups excluding tert-OH is 1. The Bertz CT molecular complexity index is 1630. The molecule has 1 N–H and O–H groups in total. The molecule has 186 valence electrons. The van der Waals surface area contributed by atoms with E-state index in [1.807, 2.05) is 13.0 Å². The number of carbonyl (C=O) groups excluding carboxylic acids is 2. The van der Waals surface area contributed by atoms with Gasteiger partial charge in [-0.3, -0.25) is 24.0 Å². The number of halogens is 1. The molecule has 37 heavy (non-hydrogen) atoms. The Balaban J connectivity index is 1.80. The number of anilines is 1. The number of rotatable bonds is 4. The highest BCUT2D eigenvalue weighted by Crippen LogP contribution is 2.43. The molecule has 1 unspecified atom stereocenters.